The number of aliphatic hydroxyl groups excluding tert-OH is 2. The Morgan fingerprint density at radius 3 is 1.42 bits per heavy atom. The maximum Gasteiger partial charge on any atom is 0.306 e. The van der Waals surface area contributed by atoms with Crippen molar-refractivity contribution in [2.24, 2.45) is 0 Å². The largest absolute Gasteiger partial charge is 0.462 e. The number of ether oxygens (including phenoxy) is 1. The van der Waals surface area contributed by atoms with E-state index in [0.29, 0.717) is 19.3 Å². The summed E-state index contributed by atoms with van der Waals surface area (Å²) < 4.78 is 5.91. The molecule has 3 N–H and O–H groups in total. The van der Waals surface area contributed by atoms with Gasteiger partial charge in [0.05, 0.1) is 25.2 Å². The molecule has 0 saturated carbocycles. The highest BCUT2D eigenvalue weighted by atomic mass is 16.5. The van der Waals surface area contributed by atoms with E-state index in [1.807, 2.05) is 0 Å². The Hall–Kier alpha value is -1.66. The molecule has 0 rings (SSSR count). The number of amides is 1. The molecule has 324 valence electrons. The van der Waals surface area contributed by atoms with E-state index in [1.165, 1.54) is 135 Å². The zero-order chi connectivity index (χ0) is 40.3. The summed E-state index contributed by atoms with van der Waals surface area (Å²) in [7, 11) is 0. The van der Waals surface area contributed by atoms with Gasteiger partial charge in [-0.25, -0.2) is 0 Å². The summed E-state index contributed by atoms with van der Waals surface area (Å²) >= 11 is 0. The average Bonchev–Trinajstić information content (AvgIpc) is 3.18. The molecule has 0 fully saturated rings. The Morgan fingerprint density at radius 1 is 0.527 bits per heavy atom. The minimum absolute atomic E-state index is 0.0727. The first-order valence-corrected chi connectivity index (χ1v) is 24.1. The molecule has 0 aromatic heterocycles. The van der Waals surface area contributed by atoms with Gasteiger partial charge >= 0.3 is 5.97 Å². The minimum Gasteiger partial charge on any atom is -0.462 e. The Kier molecular flexibility index (Phi) is 42.2. The molecule has 0 heterocycles. The fourth-order valence-corrected chi connectivity index (χ4v) is 7.34. The summed E-state index contributed by atoms with van der Waals surface area (Å²) in [6.07, 6.45) is 48.0. The monoisotopic (exact) mass is 776 g/mol. The Morgan fingerprint density at radius 2 is 0.927 bits per heavy atom. The third kappa shape index (κ3) is 39.0. The van der Waals surface area contributed by atoms with Crippen LogP contribution in [0, 0.1) is 0 Å². The fourth-order valence-electron chi connectivity index (χ4n) is 7.34. The highest BCUT2D eigenvalue weighted by Crippen LogP contribution is 2.18. The first-order chi connectivity index (χ1) is 27.0. The van der Waals surface area contributed by atoms with Gasteiger partial charge in [-0.15, -0.1) is 0 Å². The molecule has 0 saturated heterocycles. The van der Waals surface area contributed by atoms with E-state index in [1.54, 1.807) is 0 Å². The number of hydrogen-bond acceptors (Lipinski definition) is 5. The van der Waals surface area contributed by atoms with Gasteiger partial charge in [-0.05, 0) is 57.8 Å². The molecule has 0 spiro atoms. The van der Waals surface area contributed by atoms with Crippen LogP contribution < -0.4 is 5.32 Å². The summed E-state index contributed by atoms with van der Waals surface area (Å²) in [5, 5.41) is 23.6. The van der Waals surface area contributed by atoms with Gasteiger partial charge < -0.3 is 20.3 Å². The molecule has 0 radical (unpaired) electrons. The van der Waals surface area contributed by atoms with Crippen LogP contribution in [-0.2, 0) is 14.3 Å². The minimum atomic E-state index is -0.785. The standard InChI is InChI=1S/C49H93NO5/c1-4-7-10-13-16-19-22-23-24-25-27-28-31-34-37-40-45(55-49(54)42-39-36-33-30-26-20-17-14-11-8-5-2)43-48(53)50-46(44-51)47(52)41-38-35-32-29-21-18-15-12-9-6-3/h16,19,23-24,45-47,51-52H,4-15,17-18,20-22,25-44H2,1-3H3,(H,50,53)/b19-16-,24-23-. The normalized spacial score (nSPS) is 13.5. The lowest BCUT2D eigenvalue weighted by Gasteiger charge is -2.24. The zero-order valence-corrected chi connectivity index (χ0v) is 36.8. The first kappa shape index (κ1) is 53.3. The van der Waals surface area contributed by atoms with Gasteiger partial charge in [0.15, 0.2) is 0 Å². The predicted molar refractivity (Wildman–Crippen MR) is 236 cm³/mol. The second-order valence-electron chi connectivity index (χ2n) is 16.5. The summed E-state index contributed by atoms with van der Waals surface area (Å²) in [6, 6.07) is -0.699. The molecule has 6 nitrogen and oxygen atoms in total. The molecule has 3 atom stereocenters. The first-order valence-electron chi connectivity index (χ1n) is 24.1. The number of allylic oxidation sites excluding steroid dienone is 4. The van der Waals surface area contributed by atoms with Crippen molar-refractivity contribution in [1.29, 1.82) is 0 Å². The lowest BCUT2D eigenvalue weighted by Crippen LogP contribution is -2.46. The number of nitrogens with one attached hydrogen (secondary N) is 1. The van der Waals surface area contributed by atoms with Gasteiger partial charge in [0, 0.05) is 6.42 Å². The van der Waals surface area contributed by atoms with Crippen molar-refractivity contribution in [1.82, 2.24) is 5.32 Å². The summed E-state index contributed by atoms with van der Waals surface area (Å²) in [5.41, 5.74) is 0. The van der Waals surface area contributed by atoms with Gasteiger partial charge in [-0.3, -0.25) is 9.59 Å². The average molecular weight is 776 g/mol. The van der Waals surface area contributed by atoms with Crippen molar-refractivity contribution in [3.05, 3.63) is 24.3 Å². The molecule has 0 bridgehead atoms. The van der Waals surface area contributed by atoms with E-state index in [0.717, 1.165) is 70.6 Å². The molecule has 0 aliphatic rings. The lowest BCUT2D eigenvalue weighted by atomic mass is 10.0. The van der Waals surface area contributed by atoms with Crippen LogP contribution in [-0.4, -0.2) is 46.9 Å². The van der Waals surface area contributed by atoms with Crippen LogP contribution >= 0.6 is 0 Å². The number of rotatable bonds is 43. The molecular weight excluding hydrogens is 683 g/mol. The maximum atomic E-state index is 13.1. The Bertz CT molecular complexity index is 873. The van der Waals surface area contributed by atoms with Crippen LogP contribution in [0.3, 0.4) is 0 Å². The number of carbonyl (C=O) groups excluding carboxylic acids is 2. The third-order valence-corrected chi connectivity index (χ3v) is 11.0. The van der Waals surface area contributed by atoms with E-state index < -0.39 is 18.2 Å². The molecule has 6 heteroatoms. The number of carbonyl (C=O) groups is 2. The van der Waals surface area contributed by atoms with Crippen molar-refractivity contribution in [2.75, 3.05) is 6.61 Å². The fraction of sp³-hybridized carbons (Fsp3) is 0.878. The molecule has 0 aliphatic carbocycles. The van der Waals surface area contributed by atoms with Crippen LogP contribution in [0.15, 0.2) is 24.3 Å². The number of esters is 1. The quantitative estimate of drug-likeness (QED) is 0.0326. The second kappa shape index (κ2) is 43.5. The van der Waals surface area contributed by atoms with E-state index >= 15 is 0 Å². The van der Waals surface area contributed by atoms with Gasteiger partial charge in [-0.2, -0.15) is 0 Å². The second-order valence-corrected chi connectivity index (χ2v) is 16.5. The molecule has 0 aliphatic heterocycles. The van der Waals surface area contributed by atoms with Crippen molar-refractivity contribution < 1.29 is 24.5 Å². The van der Waals surface area contributed by atoms with E-state index in [9.17, 15) is 19.8 Å². The van der Waals surface area contributed by atoms with Crippen molar-refractivity contribution >= 4 is 11.9 Å². The lowest BCUT2D eigenvalue weighted by molar-refractivity contribution is -0.151. The van der Waals surface area contributed by atoms with Gasteiger partial charge in [0.2, 0.25) is 5.91 Å². The Balaban J connectivity index is 4.61. The molecular formula is C49H93NO5. The van der Waals surface area contributed by atoms with Gasteiger partial charge in [0.1, 0.15) is 6.10 Å². The van der Waals surface area contributed by atoms with Crippen LogP contribution in [0.2, 0.25) is 0 Å². The van der Waals surface area contributed by atoms with Gasteiger partial charge in [-0.1, -0.05) is 206 Å². The van der Waals surface area contributed by atoms with Gasteiger partial charge in [0.25, 0.3) is 0 Å². The number of unbranched alkanes of at least 4 members (excludes halogenated alkanes) is 27. The molecule has 1 amide bonds. The van der Waals surface area contributed by atoms with E-state index in [-0.39, 0.29) is 24.9 Å². The van der Waals surface area contributed by atoms with Crippen LogP contribution in [0.4, 0.5) is 0 Å². The zero-order valence-electron chi connectivity index (χ0n) is 36.8. The number of hydrogen-bond donors (Lipinski definition) is 3. The third-order valence-electron chi connectivity index (χ3n) is 11.0. The van der Waals surface area contributed by atoms with Crippen molar-refractivity contribution in [2.45, 2.75) is 270 Å². The van der Waals surface area contributed by atoms with Crippen molar-refractivity contribution in [3.63, 3.8) is 0 Å². The summed E-state index contributed by atoms with van der Waals surface area (Å²) in [4.78, 5) is 26.0. The summed E-state index contributed by atoms with van der Waals surface area (Å²) in [5.74, 6) is -0.479. The molecule has 3 unspecified atom stereocenters. The highest BCUT2D eigenvalue weighted by molar-refractivity contribution is 5.77. The van der Waals surface area contributed by atoms with E-state index in [4.69, 9.17) is 4.74 Å². The predicted octanol–water partition coefficient (Wildman–Crippen LogP) is 14.0. The van der Waals surface area contributed by atoms with Crippen LogP contribution in [0.5, 0.6) is 0 Å². The topological polar surface area (TPSA) is 95.9 Å². The SMILES string of the molecule is CCCCC/C=C\C/C=C\CCCCCCCC(CC(=O)NC(CO)C(O)CCCCCCCCCCCC)OC(=O)CCCCCCCCCCCCC. The Labute approximate surface area is 341 Å². The molecule has 0 aromatic rings. The molecule has 0 aromatic carbocycles. The molecule has 55 heavy (non-hydrogen) atoms. The number of aliphatic hydroxyl groups is 2. The summed E-state index contributed by atoms with van der Waals surface area (Å²) in [6.45, 7) is 6.44. The van der Waals surface area contributed by atoms with Crippen LogP contribution in [0.25, 0.3) is 0 Å². The van der Waals surface area contributed by atoms with Crippen LogP contribution in [0.1, 0.15) is 252 Å². The van der Waals surface area contributed by atoms with E-state index in [2.05, 4.69) is 50.4 Å². The smallest absolute Gasteiger partial charge is 0.306 e. The maximum absolute atomic E-state index is 13.1. The highest BCUT2D eigenvalue weighted by Gasteiger charge is 2.24. The van der Waals surface area contributed by atoms with Crippen molar-refractivity contribution in [3.8, 4) is 0 Å².